The normalized spacial score (nSPS) is 32.9. The second-order valence-electron chi connectivity index (χ2n) is 7.02. The van der Waals surface area contributed by atoms with Crippen LogP contribution in [0.1, 0.15) is 44.9 Å². The largest absolute Gasteiger partial charge is 0.471 e. The molecular weight excluding hydrogens is 351 g/mol. The van der Waals surface area contributed by atoms with Crippen LogP contribution >= 0.6 is 0 Å². The van der Waals surface area contributed by atoms with Crippen molar-refractivity contribution in [2.75, 3.05) is 13.2 Å². The van der Waals surface area contributed by atoms with Gasteiger partial charge in [0.05, 0.1) is 25.4 Å². The molecule has 0 aromatic heterocycles. The number of amides is 1. The van der Waals surface area contributed by atoms with Gasteiger partial charge in [-0.15, -0.1) is 0 Å². The number of rotatable bonds is 3. The number of nitrogens with one attached hydrogen (secondary N) is 1. The molecule has 1 aliphatic heterocycles. The summed E-state index contributed by atoms with van der Waals surface area (Å²) in [7, 11) is 0. The maximum atomic E-state index is 12.1. The van der Waals surface area contributed by atoms with Gasteiger partial charge in [0, 0.05) is 12.3 Å². The Labute approximate surface area is 151 Å². The Balaban J connectivity index is 1.81. The third-order valence-electron chi connectivity index (χ3n) is 5.12. The quantitative estimate of drug-likeness (QED) is 0.655. The highest BCUT2D eigenvalue weighted by Gasteiger charge is 2.38. The summed E-state index contributed by atoms with van der Waals surface area (Å²) >= 11 is 0. The smallest absolute Gasteiger partial charge is 0.394 e. The van der Waals surface area contributed by atoms with Gasteiger partial charge in [0.25, 0.3) is 0 Å². The maximum absolute atomic E-state index is 12.1. The third kappa shape index (κ3) is 6.15. The van der Waals surface area contributed by atoms with Crippen LogP contribution in [0.3, 0.4) is 0 Å². The summed E-state index contributed by atoms with van der Waals surface area (Å²) in [6.45, 7) is -0.503. The summed E-state index contributed by atoms with van der Waals surface area (Å²) < 4.78 is 42.0. The molecule has 0 bridgehead atoms. The zero-order valence-corrected chi connectivity index (χ0v) is 14.6. The number of carbonyl (C=O) groups is 1. The Kier molecular flexibility index (Phi) is 7.74. The molecule has 0 radical (unpaired) electrons. The van der Waals surface area contributed by atoms with E-state index in [0.717, 1.165) is 38.5 Å². The van der Waals surface area contributed by atoms with Crippen molar-refractivity contribution in [3.05, 3.63) is 0 Å². The number of aliphatic hydroxyl groups excluding tert-OH is 2. The lowest BCUT2D eigenvalue weighted by atomic mass is 9.82. The molecule has 2 aliphatic rings. The van der Waals surface area contributed by atoms with Gasteiger partial charge in [-0.25, -0.2) is 0 Å². The summed E-state index contributed by atoms with van der Waals surface area (Å²) in [6.07, 6.45) is -0.0343. The highest BCUT2D eigenvalue weighted by Crippen LogP contribution is 2.34. The summed E-state index contributed by atoms with van der Waals surface area (Å²) in [5.74, 6) is 4.00. The zero-order valence-electron chi connectivity index (χ0n) is 14.6. The average molecular weight is 377 g/mol. The van der Waals surface area contributed by atoms with E-state index in [0.29, 0.717) is 6.42 Å². The topological polar surface area (TPSA) is 78.8 Å². The van der Waals surface area contributed by atoms with E-state index in [4.69, 9.17) is 4.74 Å². The first-order valence-corrected chi connectivity index (χ1v) is 9.09. The van der Waals surface area contributed by atoms with Crippen LogP contribution in [0.15, 0.2) is 0 Å². The van der Waals surface area contributed by atoms with Crippen molar-refractivity contribution in [3.8, 4) is 11.8 Å². The fraction of sp³-hybridized carbons (Fsp3) is 0.833. The minimum absolute atomic E-state index is 0.0695. The molecule has 5 nitrogen and oxygen atoms in total. The summed E-state index contributed by atoms with van der Waals surface area (Å²) in [4.78, 5) is 10.7. The summed E-state index contributed by atoms with van der Waals surface area (Å²) in [5.41, 5.74) is 0. The van der Waals surface area contributed by atoms with Crippen LogP contribution in [0.5, 0.6) is 0 Å². The molecular formula is C18H26F3NO4. The summed E-state index contributed by atoms with van der Waals surface area (Å²) in [6, 6.07) is 0. The molecule has 2 fully saturated rings. The van der Waals surface area contributed by atoms with Crippen LogP contribution < -0.4 is 5.32 Å². The van der Waals surface area contributed by atoms with Gasteiger partial charge in [0.15, 0.2) is 0 Å². The van der Waals surface area contributed by atoms with E-state index >= 15 is 0 Å². The van der Waals surface area contributed by atoms with Gasteiger partial charge in [-0.1, -0.05) is 24.7 Å². The fourth-order valence-corrected chi connectivity index (χ4v) is 3.67. The first kappa shape index (κ1) is 21.0. The number of hydrogen-bond acceptors (Lipinski definition) is 4. The Morgan fingerprint density at radius 2 is 1.92 bits per heavy atom. The van der Waals surface area contributed by atoms with E-state index in [1.807, 2.05) is 0 Å². The van der Waals surface area contributed by atoms with Crippen LogP contribution in [-0.2, 0) is 9.53 Å². The second-order valence-corrected chi connectivity index (χ2v) is 7.02. The lowest BCUT2D eigenvalue weighted by Crippen LogP contribution is -2.36. The number of alkyl halides is 3. The maximum Gasteiger partial charge on any atom is 0.471 e. The van der Waals surface area contributed by atoms with E-state index < -0.39 is 24.3 Å². The molecule has 148 valence electrons. The van der Waals surface area contributed by atoms with Crippen LogP contribution in [0.2, 0.25) is 0 Å². The lowest BCUT2D eigenvalue weighted by Gasteiger charge is -2.27. The minimum atomic E-state index is -4.88. The molecule has 8 heteroatoms. The van der Waals surface area contributed by atoms with Crippen molar-refractivity contribution in [1.29, 1.82) is 0 Å². The molecule has 1 aliphatic carbocycles. The Hall–Kier alpha value is -1.30. The van der Waals surface area contributed by atoms with Gasteiger partial charge >= 0.3 is 12.1 Å². The SMILES string of the molecule is O=C(NCC#CC1CCCCC([C@H]2CC(O)[C@@H](CO)O2)CC1)C(F)(F)F. The Morgan fingerprint density at radius 3 is 2.58 bits per heavy atom. The molecule has 0 spiro atoms. The molecule has 1 heterocycles. The van der Waals surface area contributed by atoms with Crippen molar-refractivity contribution in [2.24, 2.45) is 11.8 Å². The number of hydrogen-bond donors (Lipinski definition) is 3. The molecule has 3 unspecified atom stereocenters. The van der Waals surface area contributed by atoms with Crippen molar-refractivity contribution in [1.82, 2.24) is 5.32 Å². The Bertz CT molecular complexity index is 529. The van der Waals surface area contributed by atoms with Crippen molar-refractivity contribution in [2.45, 2.75) is 69.4 Å². The number of carbonyl (C=O) groups excluding carboxylic acids is 1. The van der Waals surface area contributed by atoms with Crippen molar-refractivity contribution < 1.29 is 32.9 Å². The predicted molar refractivity (Wildman–Crippen MR) is 87.9 cm³/mol. The fourth-order valence-electron chi connectivity index (χ4n) is 3.67. The van der Waals surface area contributed by atoms with Gasteiger partial charge in [-0.05, 0) is 31.6 Å². The molecule has 1 saturated carbocycles. The standard InChI is InChI=1S/C18H26F3NO4/c19-18(20,21)17(25)22-9-3-5-12-4-1-2-6-13(8-7-12)15-10-14(24)16(11-23)26-15/h12-16,23-24H,1-2,4,6-11H2,(H,22,25)/t12?,13?,14?,15-,16-/m1/s1. The molecule has 0 aromatic carbocycles. The van der Waals surface area contributed by atoms with E-state index in [1.165, 1.54) is 0 Å². The highest BCUT2D eigenvalue weighted by molar-refractivity contribution is 5.81. The van der Waals surface area contributed by atoms with Gasteiger partial charge < -0.3 is 20.3 Å². The number of ether oxygens (including phenoxy) is 1. The van der Waals surface area contributed by atoms with Crippen LogP contribution in [-0.4, -0.2) is 53.8 Å². The van der Waals surface area contributed by atoms with E-state index in [-0.39, 0.29) is 31.1 Å². The van der Waals surface area contributed by atoms with Crippen molar-refractivity contribution in [3.63, 3.8) is 0 Å². The molecule has 1 saturated heterocycles. The predicted octanol–water partition coefficient (Wildman–Crippen LogP) is 1.77. The Morgan fingerprint density at radius 1 is 1.19 bits per heavy atom. The molecule has 0 aromatic rings. The zero-order chi connectivity index (χ0) is 19.2. The third-order valence-corrected chi connectivity index (χ3v) is 5.12. The van der Waals surface area contributed by atoms with Gasteiger partial charge in [0.1, 0.15) is 6.10 Å². The van der Waals surface area contributed by atoms with Crippen molar-refractivity contribution >= 4 is 5.91 Å². The van der Waals surface area contributed by atoms with E-state index in [2.05, 4.69) is 11.8 Å². The monoisotopic (exact) mass is 377 g/mol. The number of aliphatic hydroxyl groups is 2. The molecule has 26 heavy (non-hydrogen) atoms. The molecule has 3 N–H and O–H groups in total. The van der Waals surface area contributed by atoms with Gasteiger partial charge in [0.2, 0.25) is 0 Å². The van der Waals surface area contributed by atoms with Gasteiger partial charge in [-0.3, -0.25) is 4.79 Å². The van der Waals surface area contributed by atoms with Gasteiger partial charge in [-0.2, -0.15) is 13.2 Å². The minimum Gasteiger partial charge on any atom is -0.394 e. The molecule has 2 rings (SSSR count). The number of halogens is 3. The lowest BCUT2D eigenvalue weighted by molar-refractivity contribution is -0.173. The summed E-state index contributed by atoms with van der Waals surface area (Å²) in [5, 5.41) is 20.8. The van der Waals surface area contributed by atoms with Crippen LogP contribution in [0.4, 0.5) is 13.2 Å². The van der Waals surface area contributed by atoms with E-state index in [1.54, 1.807) is 5.32 Å². The van der Waals surface area contributed by atoms with Crippen LogP contribution in [0, 0.1) is 23.7 Å². The molecule has 1 amide bonds. The van der Waals surface area contributed by atoms with E-state index in [9.17, 15) is 28.2 Å². The first-order chi connectivity index (χ1) is 12.3. The highest BCUT2D eigenvalue weighted by atomic mass is 19.4. The average Bonchev–Trinajstić information content (AvgIpc) is 2.93. The first-order valence-electron chi connectivity index (χ1n) is 9.09. The second kappa shape index (κ2) is 9.58. The molecule has 5 atom stereocenters. The van der Waals surface area contributed by atoms with Crippen LogP contribution in [0.25, 0.3) is 0 Å².